The first-order valence-electron chi connectivity index (χ1n) is 6.76. The fourth-order valence-corrected chi connectivity index (χ4v) is 3.03. The Morgan fingerprint density at radius 1 is 1.30 bits per heavy atom. The molecule has 20 heavy (non-hydrogen) atoms. The standard InChI is InChI=1S/C14H19F3N2S/c1-2-19(11-5-6-11)13(9-18)10-3-7-12(8-4-10)20-14(15,16)17/h3-4,7-8,11,13H,2,5-6,9,18H2,1H3. The summed E-state index contributed by atoms with van der Waals surface area (Å²) in [5.41, 5.74) is 2.62. The first-order chi connectivity index (χ1) is 9.44. The summed E-state index contributed by atoms with van der Waals surface area (Å²) < 4.78 is 36.9. The van der Waals surface area contributed by atoms with Crippen LogP contribution in [0.25, 0.3) is 0 Å². The van der Waals surface area contributed by atoms with E-state index in [0.29, 0.717) is 12.6 Å². The average molecular weight is 304 g/mol. The monoisotopic (exact) mass is 304 g/mol. The van der Waals surface area contributed by atoms with Gasteiger partial charge < -0.3 is 5.73 Å². The fraction of sp³-hybridized carbons (Fsp3) is 0.571. The number of nitrogens with two attached hydrogens (primary N) is 1. The van der Waals surface area contributed by atoms with Crippen molar-refractivity contribution < 1.29 is 13.2 Å². The minimum absolute atomic E-state index is 0.0833. The van der Waals surface area contributed by atoms with E-state index in [0.717, 1.165) is 12.1 Å². The van der Waals surface area contributed by atoms with Gasteiger partial charge in [-0.15, -0.1) is 0 Å². The van der Waals surface area contributed by atoms with Gasteiger partial charge in [-0.25, -0.2) is 0 Å². The van der Waals surface area contributed by atoms with E-state index >= 15 is 0 Å². The van der Waals surface area contributed by atoms with Crippen LogP contribution in [0.5, 0.6) is 0 Å². The second-order valence-corrected chi connectivity index (χ2v) is 6.07. The van der Waals surface area contributed by atoms with Crippen LogP contribution in [0.2, 0.25) is 0 Å². The predicted molar refractivity (Wildman–Crippen MR) is 75.6 cm³/mol. The molecule has 0 aliphatic heterocycles. The van der Waals surface area contributed by atoms with Gasteiger partial charge in [-0.2, -0.15) is 13.2 Å². The van der Waals surface area contributed by atoms with E-state index in [1.165, 1.54) is 25.0 Å². The summed E-state index contributed by atoms with van der Waals surface area (Å²) in [4.78, 5) is 2.55. The predicted octanol–water partition coefficient (Wildman–Crippen LogP) is 3.78. The van der Waals surface area contributed by atoms with Crippen molar-refractivity contribution in [3.8, 4) is 0 Å². The molecular weight excluding hydrogens is 285 g/mol. The van der Waals surface area contributed by atoms with Gasteiger partial charge in [0.05, 0.1) is 0 Å². The van der Waals surface area contributed by atoms with Crippen LogP contribution in [0.1, 0.15) is 31.4 Å². The number of thioether (sulfide) groups is 1. The smallest absolute Gasteiger partial charge is 0.329 e. The first kappa shape index (κ1) is 15.7. The molecule has 1 saturated carbocycles. The van der Waals surface area contributed by atoms with Gasteiger partial charge in [0.25, 0.3) is 0 Å². The third kappa shape index (κ3) is 4.14. The van der Waals surface area contributed by atoms with Gasteiger partial charge in [-0.1, -0.05) is 19.1 Å². The quantitative estimate of drug-likeness (QED) is 0.811. The highest BCUT2D eigenvalue weighted by Gasteiger charge is 2.33. The Hall–Kier alpha value is -0.720. The number of alkyl halides is 3. The lowest BCUT2D eigenvalue weighted by molar-refractivity contribution is -0.0328. The summed E-state index contributed by atoms with van der Waals surface area (Å²) in [6.45, 7) is 3.48. The summed E-state index contributed by atoms with van der Waals surface area (Å²) >= 11 is -0.0833. The molecule has 0 aromatic heterocycles. The molecule has 0 saturated heterocycles. The van der Waals surface area contributed by atoms with Crippen LogP contribution in [0.3, 0.4) is 0 Å². The van der Waals surface area contributed by atoms with Crippen LogP contribution >= 0.6 is 11.8 Å². The Kier molecular flexibility index (Phi) is 4.99. The lowest BCUT2D eigenvalue weighted by atomic mass is 10.1. The largest absolute Gasteiger partial charge is 0.446 e. The Bertz CT molecular complexity index is 429. The van der Waals surface area contributed by atoms with E-state index < -0.39 is 5.51 Å². The van der Waals surface area contributed by atoms with Gasteiger partial charge in [0.2, 0.25) is 0 Å². The topological polar surface area (TPSA) is 29.3 Å². The molecule has 112 valence electrons. The molecule has 0 bridgehead atoms. The van der Waals surface area contributed by atoms with E-state index in [1.54, 1.807) is 12.1 Å². The molecule has 1 aromatic carbocycles. The summed E-state index contributed by atoms with van der Waals surface area (Å²) in [6.07, 6.45) is 2.37. The van der Waals surface area contributed by atoms with Crippen molar-refractivity contribution in [3.63, 3.8) is 0 Å². The summed E-state index contributed by atoms with van der Waals surface area (Å²) in [5.74, 6) is 0. The highest BCUT2D eigenvalue weighted by Crippen LogP contribution is 2.38. The average Bonchev–Trinajstić information content (AvgIpc) is 3.19. The third-order valence-electron chi connectivity index (χ3n) is 3.50. The minimum atomic E-state index is -4.24. The van der Waals surface area contributed by atoms with Crippen molar-refractivity contribution in [1.82, 2.24) is 4.90 Å². The zero-order chi connectivity index (χ0) is 14.8. The molecule has 1 atom stereocenters. The minimum Gasteiger partial charge on any atom is -0.329 e. The van der Waals surface area contributed by atoms with E-state index in [9.17, 15) is 13.2 Å². The molecule has 2 N–H and O–H groups in total. The number of nitrogens with zero attached hydrogens (tertiary/aromatic N) is 1. The van der Waals surface area contributed by atoms with Crippen LogP contribution in [-0.2, 0) is 0 Å². The molecule has 1 aliphatic carbocycles. The molecule has 1 unspecified atom stereocenters. The van der Waals surface area contributed by atoms with E-state index in [1.807, 2.05) is 0 Å². The second-order valence-electron chi connectivity index (χ2n) is 4.93. The van der Waals surface area contributed by atoms with E-state index in [2.05, 4.69) is 11.8 Å². The van der Waals surface area contributed by atoms with Crippen molar-refractivity contribution in [2.45, 2.75) is 42.3 Å². The van der Waals surface area contributed by atoms with E-state index in [4.69, 9.17) is 5.73 Å². The van der Waals surface area contributed by atoms with Crippen LogP contribution in [0, 0.1) is 0 Å². The number of hydrogen-bond donors (Lipinski definition) is 1. The van der Waals surface area contributed by atoms with Crippen LogP contribution in [-0.4, -0.2) is 29.5 Å². The maximum Gasteiger partial charge on any atom is 0.446 e. The van der Waals surface area contributed by atoms with Crippen LogP contribution in [0.4, 0.5) is 13.2 Å². The van der Waals surface area contributed by atoms with Crippen molar-refractivity contribution in [3.05, 3.63) is 29.8 Å². The van der Waals surface area contributed by atoms with Gasteiger partial charge in [-0.05, 0) is 48.8 Å². The molecular formula is C14H19F3N2S. The SMILES string of the molecule is CCN(C1CC1)C(CN)c1ccc(SC(F)(F)F)cc1. The Morgan fingerprint density at radius 3 is 2.30 bits per heavy atom. The normalized spacial score (nSPS) is 17.5. The number of rotatable bonds is 6. The number of halogens is 3. The number of benzene rings is 1. The Labute approximate surface area is 121 Å². The lowest BCUT2D eigenvalue weighted by Crippen LogP contribution is -2.35. The van der Waals surface area contributed by atoms with Crippen molar-refractivity contribution in [2.75, 3.05) is 13.1 Å². The fourth-order valence-electron chi connectivity index (χ4n) is 2.49. The van der Waals surface area contributed by atoms with Crippen molar-refractivity contribution in [2.24, 2.45) is 5.73 Å². The molecule has 1 fully saturated rings. The number of likely N-dealkylation sites (N-methyl/N-ethyl adjacent to an activating group) is 1. The van der Waals surface area contributed by atoms with Crippen molar-refractivity contribution >= 4 is 11.8 Å². The van der Waals surface area contributed by atoms with Crippen LogP contribution < -0.4 is 5.73 Å². The van der Waals surface area contributed by atoms with Gasteiger partial charge in [0.15, 0.2) is 0 Å². The van der Waals surface area contributed by atoms with Gasteiger partial charge >= 0.3 is 5.51 Å². The zero-order valence-electron chi connectivity index (χ0n) is 11.4. The molecule has 2 rings (SSSR count). The molecule has 1 aliphatic rings. The van der Waals surface area contributed by atoms with Gasteiger partial charge in [0.1, 0.15) is 0 Å². The van der Waals surface area contributed by atoms with Gasteiger partial charge in [0, 0.05) is 23.5 Å². The van der Waals surface area contributed by atoms with Crippen molar-refractivity contribution in [1.29, 1.82) is 0 Å². The maximum atomic E-state index is 12.3. The van der Waals surface area contributed by atoms with Crippen LogP contribution in [0.15, 0.2) is 29.2 Å². The Balaban J connectivity index is 2.10. The zero-order valence-corrected chi connectivity index (χ0v) is 12.2. The highest BCUT2D eigenvalue weighted by atomic mass is 32.2. The maximum absolute atomic E-state index is 12.3. The second kappa shape index (κ2) is 6.37. The summed E-state index contributed by atoms with van der Waals surface area (Å²) in [6, 6.07) is 7.25. The third-order valence-corrected chi connectivity index (χ3v) is 4.24. The van der Waals surface area contributed by atoms with E-state index in [-0.39, 0.29) is 22.7 Å². The molecule has 0 spiro atoms. The number of hydrogen-bond acceptors (Lipinski definition) is 3. The highest BCUT2D eigenvalue weighted by molar-refractivity contribution is 8.00. The van der Waals surface area contributed by atoms with Gasteiger partial charge in [-0.3, -0.25) is 4.90 Å². The Morgan fingerprint density at radius 2 is 1.90 bits per heavy atom. The lowest BCUT2D eigenvalue weighted by Gasteiger charge is -2.30. The molecule has 0 amide bonds. The first-order valence-corrected chi connectivity index (χ1v) is 7.57. The molecule has 1 aromatic rings. The summed E-state index contributed by atoms with van der Waals surface area (Å²) in [5, 5.41) is 0. The molecule has 2 nitrogen and oxygen atoms in total. The summed E-state index contributed by atoms with van der Waals surface area (Å²) in [7, 11) is 0. The molecule has 0 heterocycles. The molecule has 0 radical (unpaired) electrons. The molecule has 6 heteroatoms.